The molecule has 3 nitrogen and oxygen atoms in total. The number of ether oxygens (including phenoxy) is 1. The summed E-state index contributed by atoms with van der Waals surface area (Å²) in [6, 6.07) is 6.88. The Morgan fingerprint density at radius 2 is 0.564 bits per heavy atom. The molecule has 0 fully saturated rings. The minimum absolute atomic E-state index is 0.0849. The number of carbonyl (C=O) groups excluding carboxylic acids is 2. The Bertz CT molecular complexity index is 2560. The van der Waals surface area contributed by atoms with Crippen LogP contribution in [0.5, 0.6) is 0 Å². The molecule has 78 heavy (non-hydrogen) atoms. The smallest absolute Gasteiger partial charge is 0.338 e. The van der Waals surface area contributed by atoms with E-state index >= 15 is 35.1 Å². The third kappa shape index (κ3) is 14.0. The van der Waals surface area contributed by atoms with Crippen molar-refractivity contribution in [1.82, 2.24) is 0 Å². The number of unbranched alkanes of at least 4 members (excludes halogenated alkanes) is 15. The van der Waals surface area contributed by atoms with Gasteiger partial charge < -0.3 is 4.74 Å². The maximum absolute atomic E-state index is 15.4. The van der Waals surface area contributed by atoms with Crippen molar-refractivity contribution in [2.45, 2.75) is 110 Å². The summed E-state index contributed by atoms with van der Waals surface area (Å²) in [6.07, 6.45) is 18.2. The number of hydrogen-bond acceptors (Lipinski definition) is 3. The molecule has 0 bridgehead atoms. The van der Waals surface area contributed by atoms with E-state index in [4.69, 9.17) is 4.74 Å². The average Bonchev–Trinajstić information content (AvgIpc) is 2.91. The maximum atomic E-state index is 15.4. The Balaban J connectivity index is 0.000000354. The van der Waals surface area contributed by atoms with Crippen LogP contribution in [-0.2, 0) is 15.6 Å². The summed E-state index contributed by atoms with van der Waals surface area (Å²) in [5, 5.41) is 0. The summed E-state index contributed by atoms with van der Waals surface area (Å²) >= 11 is 0. The first-order valence-electron chi connectivity index (χ1n) is 24.3. The fourth-order valence-corrected chi connectivity index (χ4v) is 9.60. The lowest BCUT2D eigenvalue weighted by Crippen LogP contribution is -2.81. The van der Waals surface area contributed by atoms with Crippen molar-refractivity contribution in [2.75, 3.05) is 24.9 Å². The molecule has 428 valence electrons. The van der Waals surface area contributed by atoms with Crippen LogP contribution in [-0.4, -0.2) is 42.8 Å². The molecule has 0 aliphatic rings. The molecule has 5 aromatic carbocycles. The zero-order valence-electron chi connectivity index (χ0n) is 41.8. The first-order valence-corrected chi connectivity index (χ1v) is 26.5. The minimum Gasteiger partial charge on any atom is -0.462 e. The predicted octanol–water partition coefficient (Wildman–Crippen LogP) is 14.0. The van der Waals surface area contributed by atoms with Crippen LogP contribution in [0.15, 0.2) is 24.3 Å². The zero-order chi connectivity index (χ0) is 58.5. The molecule has 0 saturated carbocycles. The van der Waals surface area contributed by atoms with Gasteiger partial charge in [-0.3, -0.25) is 4.79 Å². The van der Waals surface area contributed by atoms with Gasteiger partial charge in [-0.05, 0) is 29.4 Å². The lowest BCUT2D eigenvalue weighted by Gasteiger charge is -2.44. The zero-order valence-corrected chi connectivity index (χ0v) is 42.6. The van der Waals surface area contributed by atoms with Gasteiger partial charge in [0.1, 0.15) is 52.7 Å². The monoisotopic (exact) mass is 1160 g/mol. The van der Waals surface area contributed by atoms with Crippen molar-refractivity contribution in [1.29, 1.82) is 0 Å². The molecule has 0 aliphatic heterocycles. The fraction of sp³-hybridized carbons (Fsp3) is 0.396. The highest BCUT2D eigenvalue weighted by molar-refractivity contribution is 7.96. The molecule has 0 radical (unpaired) electrons. The van der Waals surface area contributed by atoms with Crippen LogP contribution in [0.3, 0.4) is 0 Å². The van der Waals surface area contributed by atoms with Crippen LogP contribution >= 0.6 is 0 Å². The number of ketones is 1. The van der Waals surface area contributed by atoms with Crippen molar-refractivity contribution in [3.63, 3.8) is 0 Å². The maximum Gasteiger partial charge on any atom is 0.338 e. The third-order valence-corrected chi connectivity index (χ3v) is 13.6. The predicted molar refractivity (Wildman–Crippen MR) is 254 cm³/mol. The molecule has 0 heterocycles. The highest BCUT2D eigenvalue weighted by Crippen LogP contribution is 2.31. The highest BCUT2D eigenvalue weighted by Gasteiger charge is 2.52. The van der Waals surface area contributed by atoms with Gasteiger partial charge in [0.15, 0.2) is 75.6 Å². The van der Waals surface area contributed by atoms with E-state index in [1.807, 2.05) is 0 Å². The molecular weight excluding hydrogens is 1110 g/mol. The number of carbonyl (C=O) groups is 2. The van der Waals surface area contributed by atoms with Crippen LogP contribution in [0.1, 0.15) is 130 Å². The molecule has 5 rings (SSSR count). The Morgan fingerprint density at radius 1 is 0.346 bits per heavy atom. The van der Waals surface area contributed by atoms with E-state index in [-0.39, 0.29) is 22.6 Å². The van der Waals surface area contributed by atoms with Crippen molar-refractivity contribution in [3.05, 3.63) is 152 Å². The number of rotatable bonds is 25. The van der Waals surface area contributed by atoms with E-state index in [0.29, 0.717) is 23.5 Å². The summed E-state index contributed by atoms with van der Waals surface area (Å²) in [5.41, 5.74) is -13.1. The SMILES string of the molecule is CCCCCCCCCCCCCCCCCCOC(=O)c1ccc(C(=O)C[S+](C)C)cc1.Fc1c(F)c(F)c([B-](c2c(F)c(F)c(F)c(F)c2F)(c2c(F)c(F)c(F)c(F)c2F)c2c(F)c(F)c(F)c(F)c2F)c(F)c1F. The fourth-order valence-electron chi connectivity index (χ4n) is 8.91. The molecule has 5 aromatic rings. The van der Waals surface area contributed by atoms with E-state index in [1.165, 1.54) is 89.9 Å². The second kappa shape index (κ2) is 28.9. The van der Waals surface area contributed by atoms with Gasteiger partial charge in [0.05, 0.1) is 24.7 Å². The molecular formula is C53H49BF20O3S. The van der Waals surface area contributed by atoms with Crippen molar-refractivity contribution >= 4 is 50.6 Å². The van der Waals surface area contributed by atoms with E-state index < -0.39 is 144 Å². The van der Waals surface area contributed by atoms with Gasteiger partial charge in [-0.25, -0.2) is 92.6 Å². The summed E-state index contributed by atoms with van der Waals surface area (Å²) in [7, 11) is 0.0849. The van der Waals surface area contributed by atoms with E-state index in [9.17, 15) is 62.3 Å². The largest absolute Gasteiger partial charge is 0.462 e. The molecule has 0 saturated heterocycles. The summed E-state index contributed by atoms with van der Waals surface area (Å²) in [6.45, 7) is 2.76. The minimum atomic E-state index is -7.22. The van der Waals surface area contributed by atoms with Gasteiger partial charge in [-0.15, -0.1) is 21.9 Å². The van der Waals surface area contributed by atoms with Crippen LogP contribution < -0.4 is 21.9 Å². The summed E-state index contributed by atoms with van der Waals surface area (Å²) in [5.74, 6) is -71.0. The van der Waals surface area contributed by atoms with Crippen LogP contribution in [0.4, 0.5) is 87.8 Å². The third-order valence-electron chi connectivity index (χ3n) is 12.8. The van der Waals surface area contributed by atoms with Gasteiger partial charge in [0, 0.05) is 5.56 Å². The van der Waals surface area contributed by atoms with Crippen molar-refractivity contribution < 1.29 is 102 Å². The standard InChI is InChI=1S/C29H49O3S.C24BF20/c1-4-5-6-7-8-9-10-11-12-13-14-15-16-17-18-19-24-32-29(31)27-22-20-26(21-23-27)28(30)25-33(2)3;26-5-1(6(27)14(35)21(42)13(5)34)25(2-7(28)15(36)22(43)16(37)8(2)29,3-9(30)17(38)23(44)18(39)10(3)31)4-11(32)19(40)24(45)20(41)12(4)33/h20-23H,4-19,24-25H2,1-3H3;/q+1;-1. The lowest BCUT2D eigenvalue weighted by molar-refractivity contribution is 0.0497. The van der Waals surface area contributed by atoms with E-state index in [2.05, 4.69) is 19.4 Å². The molecule has 0 atom stereocenters. The molecule has 25 heteroatoms. The second-order valence-corrected chi connectivity index (χ2v) is 20.6. The first kappa shape index (κ1) is 64.8. The van der Waals surface area contributed by atoms with Gasteiger partial charge in [0.25, 0.3) is 0 Å². The highest BCUT2D eigenvalue weighted by atomic mass is 32.2. The van der Waals surface area contributed by atoms with Crippen LogP contribution in [0.2, 0.25) is 0 Å². The van der Waals surface area contributed by atoms with Crippen LogP contribution in [0, 0.1) is 116 Å². The Kier molecular flexibility index (Phi) is 24.0. The van der Waals surface area contributed by atoms with E-state index in [0.717, 1.165) is 12.8 Å². The lowest BCUT2D eigenvalue weighted by atomic mass is 9.12. The van der Waals surface area contributed by atoms with Gasteiger partial charge in [0.2, 0.25) is 5.78 Å². The van der Waals surface area contributed by atoms with Gasteiger partial charge in [-0.1, -0.05) is 115 Å². The quantitative estimate of drug-likeness (QED) is 0.00855. The summed E-state index contributed by atoms with van der Waals surface area (Å²) < 4.78 is 299. The second-order valence-electron chi connectivity index (χ2n) is 18.4. The number of hydrogen-bond donors (Lipinski definition) is 0. The number of esters is 1. The van der Waals surface area contributed by atoms with Gasteiger partial charge >= 0.3 is 5.97 Å². The van der Waals surface area contributed by atoms with Crippen molar-refractivity contribution in [2.24, 2.45) is 0 Å². The topological polar surface area (TPSA) is 43.4 Å². The average molecular weight is 1160 g/mol. The van der Waals surface area contributed by atoms with Crippen molar-refractivity contribution in [3.8, 4) is 0 Å². The van der Waals surface area contributed by atoms with Gasteiger partial charge in [-0.2, -0.15) is 0 Å². The molecule has 0 aromatic heterocycles. The summed E-state index contributed by atoms with van der Waals surface area (Å²) in [4.78, 5) is 24.2. The molecule has 0 aliphatic carbocycles. The Labute approximate surface area is 438 Å². The molecule has 0 spiro atoms. The van der Waals surface area contributed by atoms with Crippen LogP contribution in [0.25, 0.3) is 0 Å². The Morgan fingerprint density at radius 3 is 0.808 bits per heavy atom. The first-order chi connectivity index (χ1) is 36.7. The number of benzene rings is 5. The molecule has 0 unspecified atom stereocenters. The molecule has 0 amide bonds. The van der Waals surface area contributed by atoms with E-state index in [1.54, 1.807) is 24.3 Å². The molecule has 0 N–H and O–H groups in total. The Hall–Kier alpha value is -5.75. The number of Topliss-reactive ketones (excluding diaryl/α,β-unsaturated/α-hetero) is 1. The number of halogens is 20. The normalized spacial score (nSPS) is 11.6.